The number of thiol groups is 2. The second-order valence-corrected chi connectivity index (χ2v) is 6.07. The third-order valence-corrected chi connectivity index (χ3v) is 3.65. The molecule has 0 saturated carbocycles. The summed E-state index contributed by atoms with van der Waals surface area (Å²) in [6, 6.07) is 0. The topological polar surface area (TPSA) is 104 Å². The lowest BCUT2D eigenvalue weighted by Gasteiger charge is -2.03. The summed E-state index contributed by atoms with van der Waals surface area (Å²) >= 11 is 0. The quantitative estimate of drug-likeness (QED) is 0.315. The minimum absolute atomic E-state index is 0.0128. The normalized spacial score (nSPS) is 11.7. The average Bonchev–Trinajstić information content (AvgIpc) is 2.19. The van der Waals surface area contributed by atoms with Crippen molar-refractivity contribution in [2.24, 2.45) is 0 Å². The molecule has 0 atom stereocenters. The largest absolute Gasteiger partial charge is 0.319 e. The van der Waals surface area contributed by atoms with E-state index in [1.807, 2.05) is 0 Å². The molecule has 0 saturated heterocycles. The summed E-state index contributed by atoms with van der Waals surface area (Å²) in [5.74, 6) is -0.0255. The molecule has 0 aromatic heterocycles. The van der Waals surface area contributed by atoms with Crippen LogP contribution in [-0.4, -0.2) is 41.6 Å². The van der Waals surface area contributed by atoms with Gasteiger partial charge in [0.25, 0.3) is 0 Å². The second kappa shape index (κ2) is 10.2. The van der Waals surface area contributed by atoms with Crippen molar-refractivity contribution in [1.29, 1.82) is 0 Å². The monoisotopic (exact) mass is 294 g/mol. The summed E-state index contributed by atoms with van der Waals surface area (Å²) in [5, 5.41) is 0. The van der Waals surface area contributed by atoms with Gasteiger partial charge in [0, 0.05) is 11.5 Å². The Morgan fingerprint density at radius 3 is 1.50 bits per heavy atom. The van der Waals surface area contributed by atoms with Crippen LogP contribution < -0.4 is 0 Å². The summed E-state index contributed by atoms with van der Waals surface area (Å²) in [5.41, 5.74) is 0. The number of hydrogen-bond acceptors (Lipinski definition) is 7. The molecule has 0 aliphatic heterocycles. The Labute approximate surface area is 98.0 Å². The van der Waals surface area contributed by atoms with Crippen molar-refractivity contribution in [3.8, 4) is 0 Å². The van der Waals surface area contributed by atoms with E-state index in [1.54, 1.807) is 0 Å². The van der Waals surface area contributed by atoms with Gasteiger partial charge in [0.1, 0.15) is 21.4 Å². The van der Waals surface area contributed by atoms with Gasteiger partial charge in [-0.05, 0) is 12.8 Å². The molecule has 0 aliphatic rings. The third-order valence-electron chi connectivity index (χ3n) is 1.41. The van der Waals surface area contributed by atoms with Crippen LogP contribution in [0.15, 0.2) is 0 Å². The van der Waals surface area contributed by atoms with Gasteiger partial charge in [-0.25, -0.2) is 16.8 Å². The van der Waals surface area contributed by atoms with Crippen molar-refractivity contribution in [3.63, 3.8) is 0 Å². The van der Waals surface area contributed by atoms with Crippen LogP contribution in [0.25, 0.3) is 0 Å². The average molecular weight is 294 g/mol. The van der Waals surface area contributed by atoms with E-state index >= 15 is 0 Å². The summed E-state index contributed by atoms with van der Waals surface area (Å²) < 4.78 is 60.9. The van der Waals surface area contributed by atoms with E-state index in [1.165, 1.54) is 0 Å². The summed E-state index contributed by atoms with van der Waals surface area (Å²) in [4.78, 5) is 0. The summed E-state index contributed by atoms with van der Waals surface area (Å²) in [6.07, 6.45) is 0.537. The Hall–Kier alpha value is 0.0500. The fourth-order valence-corrected chi connectivity index (χ4v) is 2.22. The van der Waals surface area contributed by atoms with E-state index in [9.17, 15) is 21.4 Å². The standard InChI is InChI=1S/C6H15O7PS2/c7-14(12-3-1-5-15(8)9)13-4-2-6-16(10)11/h14-16H,1-6H2. The van der Waals surface area contributed by atoms with Gasteiger partial charge in [0.05, 0.1) is 13.2 Å². The van der Waals surface area contributed by atoms with Crippen LogP contribution in [0.4, 0.5) is 0 Å². The molecule has 0 heterocycles. The molecule has 0 aromatic rings. The molecule has 0 N–H and O–H groups in total. The van der Waals surface area contributed by atoms with E-state index in [4.69, 9.17) is 9.05 Å². The fraction of sp³-hybridized carbons (Fsp3) is 1.00. The van der Waals surface area contributed by atoms with Crippen molar-refractivity contribution in [2.45, 2.75) is 12.8 Å². The van der Waals surface area contributed by atoms with Crippen LogP contribution in [0.2, 0.25) is 0 Å². The Kier molecular flexibility index (Phi) is 10.3. The molecule has 0 fully saturated rings. The van der Waals surface area contributed by atoms with Gasteiger partial charge in [-0.3, -0.25) is 4.57 Å². The first-order valence-electron chi connectivity index (χ1n) is 4.55. The molecule has 0 spiro atoms. The van der Waals surface area contributed by atoms with E-state index < -0.39 is 29.7 Å². The highest BCUT2D eigenvalue weighted by atomic mass is 32.2. The van der Waals surface area contributed by atoms with Crippen LogP contribution in [0.3, 0.4) is 0 Å². The van der Waals surface area contributed by atoms with E-state index in [-0.39, 0.29) is 37.6 Å². The highest BCUT2D eigenvalue weighted by Gasteiger charge is 2.00. The van der Waals surface area contributed by atoms with Gasteiger partial charge >= 0.3 is 8.25 Å². The zero-order chi connectivity index (χ0) is 12.4. The molecule has 0 unspecified atom stereocenters. The van der Waals surface area contributed by atoms with Crippen LogP contribution in [0, 0.1) is 0 Å². The van der Waals surface area contributed by atoms with E-state index in [2.05, 4.69) is 0 Å². The number of hydrogen-bond donors (Lipinski definition) is 2. The smallest absolute Gasteiger partial charge is 0.311 e. The van der Waals surface area contributed by atoms with Gasteiger partial charge in [0.2, 0.25) is 0 Å². The Balaban J connectivity index is 3.37. The lowest BCUT2D eigenvalue weighted by atomic mass is 10.5. The predicted octanol–water partition coefficient (Wildman–Crippen LogP) is -0.588. The fourth-order valence-electron chi connectivity index (χ4n) is 0.740. The van der Waals surface area contributed by atoms with Crippen molar-refractivity contribution < 1.29 is 30.4 Å². The van der Waals surface area contributed by atoms with Gasteiger partial charge in [-0.2, -0.15) is 0 Å². The van der Waals surface area contributed by atoms with Crippen LogP contribution in [0.5, 0.6) is 0 Å². The highest BCUT2D eigenvalue weighted by molar-refractivity contribution is 7.72. The Morgan fingerprint density at radius 1 is 0.812 bits per heavy atom. The molecular formula is C6H15O7PS2. The van der Waals surface area contributed by atoms with Gasteiger partial charge in [-0.15, -0.1) is 0 Å². The summed E-state index contributed by atoms with van der Waals surface area (Å²) in [6.45, 7) is 0.105. The first-order chi connectivity index (χ1) is 7.52. The molecule has 98 valence electrons. The van der Waals surface area contributed by atoms with Crippen LogP contribution in [-0.2, 0) is 35.0 Å². The van der Waals surface area contributed by atoms with Crippen molar-refractivity contribution in [1.82, 2.24) is 0 Å². The molecule has 0 aliphatic carbocycles. The molecule has 0 amide bonds. The maximum absolute atomic E-state index is 11.0. The maximum Gasteiger partial charge on any atom is 0.319 e. The van der Waals surface area contributed by atoms with Gasteiger partial charge in [-0.1, -0.05) is 0 Å². The predicted molar refractivity (Wildman–Crippen MR) is 60.5 cm³/mol. The third kappa shape index (κ3) is 12.1. The molecule has 0 rings (SSSR count). The highest BCUT2D eigenvalue weighted by Crippen LogP contribution is 2.23. The first-order valence-corrected chi connectivity index (χ1v) is 8.50. The molecule has 16 heavy (non-hydrogen) atoms. The Morgan fingerprint density at radius 2 is 1.19 bits per heavy atom. The molecule has 0 radical (unpaired) electrons. The molecule has 0 aromatic carbocycles. The minimum atomic E-state index is -2.63. The molecule has 0 bridgehead atoms. The molecule has 10 heteroatoms. The minimum Gasteiger partial charge on any atom is -0.311 e. The zero-order valence-corrected chi connectivity index (χ0v) is 11.3. The van der Waals surface area contributed by atoms with Crippen LogP contribution in [0.1, 0.15) is 12.8 Å². The Bertz CT molecular complexity index is 301. The second-order valence-electron chi connectivity index (χ2n) is 2.77. The van der Waals surface area contributed by atoms with Gasteiger partial charge in [0.15, 0.2) is 0 Å². The molecule has 7 nitrogen and oxygen atoms in total. The lowest BCUT2D eigenvalue weighted by Crippen LogP contribution is -1.97. The van der Waals surface area contributed by atoms with E-state index in [0.29, 0.717) is 0 Å². The summed E-state index contributed by atoms with van der Waals surface area (Å²) in [7, 11) is -7.49. The van der Waals surface area contributed by atoms with Gasteiger partial charge < -0.3 is 9.05 Å². The zero-order valence-electron chi connectivity index (χ0n) is 8.49. The molecular weight excluding hydrogens is 279 g/mol. The van der Waals surface area contributed by atoms with Crippen molar-refractivity contribution >= 4 is 29.7 Å². The first kappa shape index (κ1) is 16.1. The lowest BCUT2D eigenvalue weighted by molar-refractivity contribution is 0.226. The van der Waals surface area contributed by atoms with Crippen molar-refractivity contribution in [2.75, 3.05) is 24.7 Å². The number of rotatable bonds is 10. The van der Waals surface area contributed by atoms with Crippen molar-refractivity contribution in [3.05, 3.63) is 0 Å². The SMILES string of the molecule is O=[PH](OCCC[SH](=O)=O)OCCC[SH](=O)=O. The maximum atomic E-state index is 11.0. The van der Waals surface area contributed by atoms with E-state index in [0.717, 1.165) is 0 Å². The van der Waals surface area contributed by atoms with Crippen LogP contribution >= 0.6 is 8.25 Å².